The first-order valence-corrected chi connectivity index (χ1v) is 10.3. The highest BCUT2D eigenvalue weighted by Crippen LogP contribution is 2.29. The van der Waals surface area contributed by atoms with E-state index in [9.17, 15) is 9.59 Å². The zero-order valence-electron chi connectivity index (χ0n) is 16.8. The van der Waals surface area contributed by atoms with Gasteiger partial charge in [-0.15, -0.1) is 11.3 Å². The Morgan fingerprint density at radius 3 is 2.37 bits per heavy atom. The first-order valence-electron chi connectivity index (χ1n) is 9.44. The highest BCUT2D eigenvalue weighted by atomic mass is 32.1. The molecule has 2 heterocycles. The molecule has 0 aliphatic rings. The lowest BCUT2D eigenvalue weighted by Gasteiger charge is -2.08. The quantitative estimate of drug-likeness (QED) is 0.311. The van der Waals surface area contributed by atoms with Crippen molar-refractivity contribution in [1.82, 2.24) is 4.98 Å². The summed E-state index contributed by atoms with van der Waals surface area (Å²) in [5.41, 5.74) is 5.41. The molecule has 0 spiro atoms. The highest BCUT2D eigenvalue weighted by molar-refractivity contribution is 7.13. The van der Waals surface area contributed by atoms with Gasteiger partial charge in [-0.3, -0.25) is 14.6 Å². The molecule has 2 aromatic heterocycles. The van der Waals surface area contributed by atoms with E-state index in [1.165, 1.54) is 4.88 Å². The molecule has 4 rings (SSSR count). The summed E-state index contributed by atoms with van der Waals surface area (Å²) in [6, 6.07) is 21.7. The van der Waals surface area contributed by atoms with Crippen LogP contribution < -0.4 is 5.32 Å². The minimum Gasteiger partial charge on any atom is -0.388 e. The molecule has 30 heavy (non-hydrogen) atoms. The number of anilines is 1. The van der Waals surface area contributed by atoms with Gasteiger partial charge in [-0.05, 0) is 47.7 Å². The highest BCUT2D eigenvalue weighted by Gasteiger charge is 2.08. The summed E-state index contributed by atoms with van der Waals surface area (Å²) < 4.78 is 0. The van der Waals surface area contributed by atoms with E-state index < -0.39 is 0 Å². The molecule has 150 valence electrons. The lowest BCUT2D eigenvalue weighted by Crippen LogP contribution is -2.00. The van der Waals surface area contributed by atoms with Gasteiger partial charge >= 0.3 is 0 Å². The number of aromatic nitrogens is 1. The predicted molar refractivity (Wildman–Crippen MR) is 124 cm³/mol. The smallest absolute Gasteiger partial charge is 0.161 e. The maximum atomic E-state index is 11.4. The Hall–Kier alpha value is -3.57. The molecule has 0 aliphatic heterocycles. The van der Waals surface area contributed by atoms with Crippen LogP contribution in [0.4, 0.5) is 5.69 Å². The zero-order valence-corrected chi connectivity index (χ0v) is 17.6. The average molecular weight is 415 g/mol. The molecule has 4 aromatic rings. The largest absolute Gasteiger partial charge is 0.388 e. The van der Waals surface area contributed by atoms with Gasteiger partial charge in [0.1, 0.15) is 0 Å². The van der Waals surface area contributed by atoms with Crippen LogP contribution >= 0.6 is 11.3 Å². The molecular weight excluding hydrogens is 392 g/mol. The van der Waals surface area contributed by atoms with E-state index in [4.69, 9.17) is 0 Å². The second kappa shape index (κ2) is 10.3. The molecule has 2 aromatic carbocycles. The summed E-state index contributed by atoms with van der Waals surface area (Å²) in [6.07, 6.45) is 4.11. The number of benzene rings is 2. The molecule has 0 atom stereocenters. The number of aldehydes is 1. The standard InChI is InChI=1S/C13H13NOS.C12H9NO/c1-9(15)11-6-5-10(8-12(11)14-2)13-4-3-7-16-13;14-9-10-6-12(8-13-7-10)11-4-2-1-3-5-11/h3-8,14H,1-2H3;1-9H. The van der Waals surface area contributed by atoms with Crippen molar-refractivity contribution in [1.29, 1.82) is 0 Å². The second-order valence-electron chi connectivity index (χ2n) is 6.53. The molecule has 0 aliphatic carbocycles. The van der Waals surface area contributed by atoms with E-state index in [0.29, 0.717) is 5.56 Å². The van der Waals surface area contributed by atoms with Crippen molar-refractivity contribution in [2.45, 2.75) is 6.92 Å². The fourth-order valence-corrected chi connectivity index (χ4v) is 3.69. The number of Topliss-reactive ketones (excluding diaryl/α,β-unsaturated/α-hetero) is 1. The van der Waals surface area contributed by atoms with Crippen molar-refractivity contribution in [3.05, 3.63) is 95.6 Å². The van der Waals surface area contributed by atoms with Crippen molar-refractivity contribution < 1.29 is 9.59 Å². The summed E-state index contributed by atoms with van der Waals surface area (Å²) in [5.74, 6) is 0.0853. The van der Waals surface area contributed by atoms with Crippen LogP contribution in [0.25, 0.3) is 21.6 Å². The van der Waals surface area contributed by atoms with Crippen LogP contribution in [0.1, 0.15) is 27.6 Å². The number of thiophene rings is 1. The van der Waals surface area contributed by atoms with Crippen LogP contribution in [-0.4, -0.2) is 24.1 Å². The van der Waals surface area contributed by atoms with E-state index >= 15 is 0 Å². The molecule has 0 unspecified atom stereocenters. The summed E-state index contributed by atoms with van der Waals surface area (Å²) >= 11 is 1.70. The minimum atomic E-state index is 0.0853. The van der Waals surface area contributed by atoms with Crippen LogP contribution in [0, 0.1) is 0 Å². The Bertz CT molecular complexity index is 1120. The van der Waals surface area contributed by atoms with Gasteiger partial charge in [0.2, 0.25) is 0 Å². The fraction of sp³-hybridized carbons (Fsp3) is 0.0800. The SMILES string of the molecule is CNc1cc(-c2cccs2)ccc1C(C)=O.O=Cc1cncc(-c2ccccc2)c1. The first kappa shape index (κ1) is 21.1. The normalized spacial score (nSPS) is 9.93. The van der Waals surface area contributed by atoms with Crippen molar-refractivity contribution in [3.63, 3.8) is 0 Å². The van der Waals surface area contributed by atoms with Crippen LogP contribution in [0.3, 0.4) is 0 Å². The van der Waals surface area contributed by atoms with Gasteiger partial charge in [-0.2, -0.15) is 0 Å². The fourth-order valence-electron chi connectivity index (χ4n) is 2.96. The van der Waals surface area contributed by atoms with Gasteiger partial charge in [0.05, 0.1) is 0 Å². The van der Waals surface area contributed by atoms with Crippen molar-refractivity contribution in [3.8, 4) is 21.6 Å². The molecule has 0 bridgehead atoms. The van der Waals surface area contributed by atoms with Gasteiger partial charge in [0.25, 0.3) is 0 Å². The van der Waals surface area contributed by atoms with Crippen LogP contribution in [-0.2, 0) is 0 Å². The number of hydrogen-bond acceptors (Lipinski definition) is 5. The van der Waals surface area contributed by atoms with E-state index in [-0.39, 0.29) is 5.78 Å². The lowest BCUT2D eigenvalue weighted by molar-refractivity contribution is 0.101. The van der Waals surface area contributed by atoms with Gasteiger partial charge < -0.3 is 5.32 Å². The topological polar surface area (TPSA) is 59.1 Å². The molecule has 1 N–H and O–H groups in total. The third-order valence-corrected chi connectivity index (χ3v) is 5.40. The van der Waals surface area contributed by atoms with Crippen LogP contribution in [0.5, 0.6) is 0 Å². The lowest BCUT2D eigenvalue weighted by atomic mass is 10.1. The van der Waals surface area contributed by atoms with Gasteiger partial charge in [-0.25, -0.2) is 0 Å². The third kappa shape index (κ3) is 5.27. The molecule has 0 fully saturated rings. The van der Waals surface area contributed by atoms with Gasteiger partial charge in [0.15, 0.2) is 12.1 Å². The number of ketones is 1. The summed E-state index contributed by atoms with van der Waals surface area (Å²) in [5, 5.41) is 5.11. The maximum absolute atomic E-state index is 11.4. The molecule has 0 saturated heterocycles. The Kier molecular flexibility index (Phi) is 7.24. The Morgan fingerprint density at radius 1 is 0.933 bits per heavy atom. The van der Waals surface area contributed by atoms with E-state index in [1.807, 2.05) is 73.1 Å². The van der Waals surface area contributed by atoms with Crippen molar-refractivity contribution in [2.75, 3.05) is 12.4 Å². The van der Waals surface area contributed by atoms with Gasteiger partial charge in [0, 0.05) is 46.7 Å². The number of nitrogens with zero attached hydrogens (tertiary/aromatic N) is 1. The Morgan fingerprint density at radius 2 is 1.73 bits per heavy atom. The predicted octanol–water partition coefficient (Wildman–Crippen LogP) is 6.22. The number of carbonyl (C=O) groups is 2. The van der Waals surface area contributed by atoms with E-state index in [1.54, 1.807) is 30.7 Å². The molecule has 5 heteroatoms. The molecule has 4 nitrogen and oxygen atoms in total. The first-order chi connectivity index (χ1) is 14.6. The van der Waals surface area contributed by atoms with Crippen LogP contribution in [0.2, 0.25) is 0 Å². The Balaban J connectivity index is 0.000000172. The summed E-state index contributed by atoms with van der Waals surface area (Å²) in [7, 11) is 1.83. The number of rotatable bonds is 5. The number of pyridine rings is 1. The maximum Gasteiger partial charge on any atom is 0.161 e. The van der Waals surface area contributed by atoms with Crippen molar-refractivity contribution >= 4 is 29.1 Å². The zero-order chi connectivity index (χ0) is 21.3. The monoisotopic (exact) mass is 414 g/mol. The van der Waals surface area contributed by atoms with E-state index in [0.717, 1.165) is 34.2 Å². The second-order valence-corrected chi connectivity index (χ2v) is 7.48. The minimum absolute atomic E-state index is 0.0853. The van der Waals surface area contributed by atoms with Crippen molar-refractivity contribution in [2.24, 2.45) is 0 Å². The number of nitrogens with one attached hydrogen (secondary N) is 1. The molecular formula is C25H22N2O2S. The number of carbonyl (C=O) groups excluding carboxylic acids is 2. The third-order valence-electron chi connectivity index (χ3n) is 4.48. The number of hydrogen-bond donors (Lipinski definition) is 1. The average Bonchev–Trinajstić information content (AvgIpc) is 3.34. The van der Waals surface area contributed by atoms with E-state index in [2.05, 4.69) is 16.4 Å². The summed E-state index contributed by atoms with van der Waals surface area (Å²) in [6.45, 7) is 1.58. The molecule has 0 radical (unpaired) electrons. The molecule has 0 amide bonds. The van der Waals surface area contributed by atoms with Crippen LogP contribution in [0.15, 0.2) is 84.5 Å². The molecule has 0 saturated carbocycles. The van der Waals surface area contributed by atoms with Gasteiger partial charge in [-0.1, -0.05) is 42.5 Å². The Labute approximate surface area is 180 Å². The summed E-state index contributed by atoms with van der Waals surface area (Å²) in [4.78, 5) is 27.2.